The third-order valence-electron chi connectivity index (χ3n) is 3.59. The van der Waals surface area contributed by atoms with E-state index < -0.39 is 5.97 Å². The van der Waals surface area contributed by atoms with E-state index in [4.69, 9.17) is 9.84 Å². The molecule has 1 heterocycles. The van der Waals surface area contributed by atoms with E-state index in [1.54, 1.807) is 24.1 Å². The standard InChI is InChI=1S/C15H19NO4/c1-20-9-3-6-14(17)16-8-7-12-11(10-16)4-2-5-13(12)15(18)19/h2,4-5H,3,6-10H2,1H3,(H,18,19). The molecule has 108 valence electrons. The minimum absolute atomic E-state index is 0.105. The Hall–Kier alpha value is -1.88. The van der Waals surface area contributed by atoms with Gasteiger partial charge in [-0.2, -0.15) is 0 Å². The first-order valence-electron chi connectivity index (χ1n) is 6.74. The molecular weight excluding hydrogens is 258 g/mol. The molecule has 5 heteroatoms. The molecule has 1 aliphatic heterocycles. The van der Waals surface area contributed by atoms with Crippen LogP contribution in [0.15, 0.2) is 18.2 Å². The van der Waals surface area contributed by atoms with Crippen LogP contribution in [0.1, 0.15) is 34.3 Å². The van der Waals surface area contributed by atoms with Crippen LogP contribution in [-0.2, 0) is 22.5 Å². The molecule has 0 aromatic heterocycles. The number of methoxy groups -OCH3 is 1. The number of carboxylic acid groups (broad SMARTS) is 1. The van der Waals surface area contributed by atoms with E-state index in [0.717, 1.165) is 11.1 Å². The summed E-state index contributed by atoms with van der Waals surface area (Å²) in [6.07, 6.45) is 1.80. The molecule has 1 N–H and O–H groups in total. The van der Waals surface area contributed by atoms with Gasteiger partial charge in [0.25, 0.3) is 0 Å². The summed E-state index contributed by atoms with van der Waals surface area (Å²) in [5.74, 6) is -0.796. The lowest BCUT2D eigenvalue weighted by atomic mass is 9.94. The molecule has 0 saturated heterocycles. The zero-order valence-corrected chi connectivity index (χ0v) is 11.6. The summed E-state index contributed by atoms with van der Waals surface area (Å²) in [6, 6.07) is 5.26. The highest BCUT2D eigenvalue weighted by atomic mass is 16.5. The SMILES string of the molecule is COCCCC(=O)N1CCc2c(cccc2C(=O)O)C1. The molecule has 0 fully saturated rings. The molecule has 20 heavy (non-hydrogen) atoms. The number of benzene rings is 1. The molecule has 0 unspecified atom stereocenters. The second-order valence-corrected chi connectivity index (χ2v) is 4.91. The summed E-state index contributed by atoms with van der Waals surface area (Å²) in [6.45, 7) is 1.67. The van der Waals surface area contributed by atoms with E-state index in [1.807, 2.05) is 6.07 Å². The van der Waals surface area contributed by atoms with Crippen molar-refractivity contribution in [3.05, 3.63) is 34.9 Å². The number of hydrogen-bond donors (Lipinski definition) is 1. The highest BCUT2D eigenvalue weighted by molar-refractivity contribution is 5.90. The number of rotatable bonds is 5. The van der Waals surface area contributed by atoms with E-state index in [1.165, 1.54) is 0 Å². The molecule has 0 spiro atoms. The monoisotopic (exact) mass is 277 g/mol. The van der Waals surface area contributed by atoms with Gasteiger partial charge in [0.2, 0.25) is 5.91 Å². The van der Waals surface area contributed by atoms with Crippen molar-refractivity contribution in [3.63, 3.8) is 0 Å². The number of ether oxygens (including phenoxy) is 1. The Labute approximate surface area is 118 Å². The maximum Gasteiger partial charge on any atom is 0.335 e. The molecule has 1 amide bonds. The molecule has 5 nitrogen and oxygen atoms in total. The molecule has 0 saturated carbocycles. The van der Waals surface area contributed by atoms with Crippen LogP contribution in [0.2, 0.25) is 0 Å². The van der Waals surface area contributed by atoms with Gasteiger partial charge in [-0.25, -0.2) is 4.79 Å². The lowest BCUT2D eigenvalue weighted by Gasteiger charge is -2.29. The van der Waals surface area contributed by atoms with Crippen LogP contribution in [0, 0.1) is 0 Å². The van der Waals surface area contributed by atoms with E-state index in [0.29, 0.717) is 44.5 Å². The Morgan fingerprint density at radius 3 is 2.90 bits per heavy atom. The molecule has 1 aromatic carbocycles. The van der Waals surface area contributed by atoms with Crippen LogP contribution in [0.3, 0.4) is 0 Å². The largest absolute Gasteiger partial charge is 0.478 e. The van der Waals surface area contributed by atoms with Gasteiger partial charge < -0.3 is 14.7 Å². The Bertz CT molecular complexity index is 513. The topological polar surface area (TPSA) is 66.8 Å². The summed E-state index contributed by atoms with van der Waals surface area (Å²) < 4.78 is 4.94. The Balaban J connectivity index is 2.06. The van der Waals surface area contributed by atoms with Gasteiger partial charge in [0.15, 0.2) is 0 Å². The fraction of sp³-hybridized carbons (Fsp3) is 0.467. The van der Waals surface area contributed by atoms with E-state index in [-0.39, 0.29) is 5.91 Å². The van der Waals surface area contributed by atoms with Gasteiger partial charge in [0.05, 0.1) is 5.56 Å². The van der Waals surface area contributed by atoms with Crippen LogP contribution < -0.4 is 0 Å². The van der Waals surface area contributed by atoms with Crippen molar-refractivity contribution in [1.29, 1.82) is 0 Å². The Morgan fingerprint density at radius 2 is 2.20 bits per heavy atom. The first kappa shape index (κ1) is 14.5. The van der Waals surface area contributed by atoms with Crippen LogP contribution in [0.4, 0.5) is 0 Å². The van der Waals surface area contributed by atoms with Crippen LogP contribution in [-0.4, -0.2) is 42.1 Å². The molecule has 0 aliphatic carbocycles. The van der Waals surface area contributed by atoms with Gasteiger partial charge >= 0.3 is 5.97 Å². The van der Waals surface area contributed by atoms with E-state index in [2.05, 4.69) is 0 Å². The normalized spacial score (nSPS) is 13.9. The number of nitrogens with zero attached hydrogens (tertiary/aromatic N) is 1. The van der Waals surface area contributed by atoms with E-state index >= 15 is 0 Å². The van der Waals surface area contributed by atoms with Crippen molar-refractivity contribution in [2.45, 2.75) is 25.8 Å². The van der Waals surface area contributed by atoms with Crippen LogP contribution >= 0.6 is 0 Å². The number of fused-ring (bicyclic) bond motifs is 1. The fourth-order valence-corrected chi connectivity index (χ4v) is 2.55. The lowest BCUT2D eigenvalue weighted by molar-refractivity contribution is -0.132. The number of carbonyl (C=O) groups is 2. The fourth-order valence-electron chi connectivity index (χ4n) is 2.55. The number of amides is 1. The van der Waals surface area contributed by atoms with Crippen molar-refractivity contribution in [1.82, 2.24) is 4.90 Å². The lowest BCUT2D eigenvalue weighted by Crippen LogP contribution is -2.36. The minimum Gasteiger partial charge on any atom is -0.478 e. The number of hydrogen-bond acceptors (Lipinski definition) is 3. The third kappa shape index (κ3) is 3.17. The van der Waals surface area contributed by atoms with Gasteiger partial charge in [-0.15, -0.1) is 0 Å². The molecule has 1 aliphatic rings. The minimum atomic E-state index is -0.901. The Kier molecular flexibility index (Phi) is 4.74. The maximum atomic E-state index is 12.1. The molecule has 0 bridgehead atoms. The summed E-state index contributed by atoms with van der Waals surface area (Å²) in [5.41, 5.74) is 2.16. The highest BCUT2D eigenvalue weighted by Crippen LogP contribution is 2.23. The van der Waals surface area contributed by atoms with Gasteiger partial charge in [-0.3, -0.25) is 4.79 Å². The summed E-state index contributed by atoms with van der Waals surface area (Å²) in [7, 11) is 1.62. The van der Waals surface area contributed by atoms with Crippen molar-refractivity contribution in [3.8, 4) is 0 Å². The third-order valence-corrected chi connectivity index (χ3v) is 3.59. The highest BCUT2D eigenvalue weighted by Gasteiger charge is 2.23. The summed E-state index contributed by atoms with van der Waals surface area (Å²) in [4.78, 5) is 25.0. The second kappa shape index (κ2) is 6.52. The van der Waals surface area contributed by atoms with Gasteiger partial charge in [-0.05, 0) is 30.0 Å². The Morgan fingerprint density at radius 1 is 1.40 bits per heavy atom. The zero-order chi connectivity index (χ0) is 14.5. The average Bonchev–Trinajstić information content (AvgIpc) is 2.46. The number of aromatic carboxylic acids is 1. The number of carboxylic acids is 1. The zero-order valence-electron chi connectivity index (χ0n) is 11.6. The molecule has 0 radical (unpaired) electrons. The molecule has 0 atom stereocenters. The van der Waals surface area contributed by atoms with Gasteiger partial charge in [0, 0.05) is 33.2 Å². The molecule has 1 aromatic rings. The van der Waals surface area contributed by atoms with Gasteiger partial charge in [-0.1, -0.05) is 12.1 Å². The van der Waals surface area contributed by atoms with Crippen molar-refractivity contribution in [2.75, 3.05) is 20.3 Å². The average molecular weight is 277 g/mol. The first-order chi connectivity index (χ1) is 9.63. The van der Waals surface area contributed by atoms with Gasteiger partial charge in [0.1, 0.15) is 0 Å². The van der Waals surface area contributed by atoms with E-state index in [9.17, 15) is 9.59 Å². The first-order valence-corrected chi connectivity index (χ1v) is 6.74. The second-order valence-electron chi connectivity index (χ2n) is 4.91. The molecular formula is C15H19NO4. The smallest absolute Gasteiger partial charge is 0.335 e. The van der Waals surface area contributed by atoms with Crippen LogP contribution in [0.5, 0.6) is 0 Å². The summed E-state index contributed by atoms with van der Waals surface area (Å²) in [5, 5.41) is 9.16. The van der Waals surface area contributed by atoms with Crippen molar-refractivity contribution in [2.24, 2.45) is 0 Å². The summed E-state index contributed by atoms with van der Waals surface area (Å²) >= 11 is 0. The quantitative estimate of drug-likeness (QED) is 0.832. The van der Waals surface area contributed by atoms with Crippen molar-refractivity contribution < 1.29 is 19.4 Å². The predicted octanol–water partition coefficient (Wildman–Crippen LogP) is 1.70. The van der Waals surface area contributed by atoms with Crippen LogP contribution in [0.25, 0.3) is 0 Å². The molecule has 2 rings (SSSR count). The maximum absolute atomic E-state index is 12.1. The van der Waals surface area contributed by atoms with Crippen molar-refractivity contribution >= 4 is 11.9 Å². The number of carbonyl (C=O) groups excluding carboxylic acids is 1. The predicted molar refractivity (Wildman–Crippen MR) is 73.6 cm³/mol.